The first kappa shape index (κ1) is 9.93. The van der Waals surface area contributed by atoms with Crippen LogP contribution in [0.4, 0.5) is 4.79 Å². The van der Waals surface area contributed by atoms with Crippen molar-refractivity contribution in [1.29, 1.82) is 0 Å². The zero-order valence-electron chi connectivity index (χ0n) is 7.01. The number of carbonyl (C=O) groups excluding carboxylic acids is 1. The van der Waals surface area contributed by atoms with Crippen molar-refractivity contribution >= 4 is 29.3 Å². The van der Waals surface area contributed by atoms with Crippen LogP contribution in [-0.2, 0) is 4.74 Å². The number of nitrogens with zero attached hydrogens (tertiary/aromatic N) is 1. The summed E-state index contributed by atoms with van der Waals surface area (Å²) < 4.78 is 4.01. The molecule has 0 radical (unpaired) electrons. The summed E-state index contributed by atoms with van der Waals surface area (Å²) in [4.78, 5) is 12.5. The lowest BCUT2D eigenvalue weighted by molar-refractivity contribution is 0.114. The molecular formula is C7H11Cl2NO2. The Hall–Kier alpha value is -0.150. The van der Waals surface area contributed by atoms with Crippen LogP contribution in [0, 0.1) is 0 Å². The van der Waals surface area contributed by atoms with Gasteiger partial charge in [-0.2, -0.15) is 0 Å². The minimum absolute atomic E-state index is 0.0973. The number of hydrogen-bond donors (Lipinski definition) is 0. The van der Waals surface area contributed by atoms with Crippen LogP contribution in [0.15, 0.2) is 0 Å². The van der Waals surface area contributed by atoms with Gasteiger partial charge in [0.2, 0.25) is 0 Å². The fraction of sp³-hybridized carbons (Fsp3) is 0.857. The van der Waals surface area contributed by atoms with Crippen LogP contribution in [-0.4, -0.2) is 35.0 Å². The maximum atomic E-state index is 11.1. The average molecular weight is 212 g/mol. The van der Waals surface area contributed by atoms with E-state index in [4.69, 9.17) is 27.9 Å². The van der Waals surface area contributed by atoms with Crippen LogP contribution in [0.3, 0.4) is 0 Å². The van der Waals surface area contributed by atoms with E-state index in [1.807, 2.05) is 0 Å². The Bertz CT molecular complexity index is 196. The summed E-state index contributed by atoms with van der Waals surface area (Å²) in [7, 11) is 1.63. The van der Waals surface area contributed by atoms with Gasteiger partial charge >= 0.3 is 6.09 Å². The predicted octanol–water partition coefficient (Wildman–Crippen LogP) is 2.02. The third-order valence-electron chi connectivity index (χ3n) is 1.82. The molecule has 0 saturated heterocycles. The summed E-state index contributed by atoms with van der Waals surface area (Å²) in [6.45, 7) is 2.13. The van der Waals surface area contributed by atoms with Gasteiger partial charge in [-0.05, 0) is 6.92 Å². The molecule has 1 saturated carbocycles. The van der Waals surface area contributed by atoms with Gasteiger partial charge in [-0.3, -0.25) is 0 Å². The lowest BCUT2D eigenvalue weighted by Crippen LogP contribution is -2.32. The van der Waals surface area contributed by atoms with E-state index in [0.29, 0.717) is 13.0 Å². The molecule has 3 nitrogen and oxygen atoms in total. The van der Waals surface area contributed by atoms with Crippen molar-refractivity contribution in [2.24, 2.45) is 0 Å². The fourth-order valence-electron chi connectivity index (χ4n) is 0.972. The summed E-state index contributed by atoms with van der Waals surface area (Å²) in [5, 5.41) is 0. The van der Waals surface area contributed by atoms with Gasteiger partial charge in [0.05, 0.1) is 12.6 Å². The Labute approximate surface area is 81.6 Å². The molecular weight excluding hydrogens is 201 g/mol. The van der Waals surface area contributed by atoms with Gasteiger partial charge in [-0.25, -0.2) is 4.79 Å². The maximum absolute atomic E-state index is 11.1. The van der Waals surface area contributed by atoms with E-state index < -0.39 is 4.33 Å². The highest BCUT2D eigenvalue weighted by Crippen LogP contribution is 2.49. The summed E-state index contributed by atoms with van der Waals surface area (Å²) in [5.74, 6) is 0. The standard InChI is InChI=1S/C7H11Cl2NO2/c1-3-12-6(11)10(2)5-4-7(5,8)9/h5H,3-4H2,1-2H3. The quantitative estimate of drug-likeness (QED) is 0.655. The first-order chi connectivity index (χ1) is 5.49. The van der Waals surface area contributed by atoms with E-state index in [0.717, 1.165) is 0 Å². The third-order valence-corrected chi connectivity index (χ3v) is 2.63. The molecule has 0 aromatic rings. The molecule has 1 atom stereocenters. The topological polar surface area (TPSA) is 29.5 Å². The van der Waals surface area contributed by atoms with Gasteiger partial charge in [-0.1, -0.05) is 23.2 Å². The molecule has 1 rings (SSSR count). The molecule has 0 aromatic heterocycles. The fourth-order valence-corrected chi connectivity index (χ4v) is 1.56. The number of rotatable bonds is 2. The van der Waals surface area contributed by atoms with Gasteiger partial charge in [0.15, 0.2) is 0 Å². The van der Waals surface area contributed by atoms with Gasteiger partial charge in [0, 0.05) is 13.5 Å². The molecule has 0 heterocycles. The Morgan fingerprint density at radius 3 is 2.58 bits per heavy atom. The van der Waals surface area contributed by atoms with E-state index in [1.165, 1.54) is 4.90 Å². The van der Waals surface area contributed by atoms with Crippen LogP contribution in [0.2, 0.25) is 0 Å². The molecule has 5 heteroatoms. The normalized spacial score (nSPS) is 24.8. The predicted molar refractivity (Wildman–Crippen MR) is 47.6 cm³/mol. The number of ether oxygens (including phenoxy) is 1. The monoisotopic (exact) mass is 211 g/mol. The van der Waals surface area contributed by atoms with E-state index in [-0.39, 0.29) is 12.1 Å². The highest BCUT2D eigenvalue weighted by molar-refractivity contribution is 6.51. The van der Waals surface area contributed by atoms with Crippen molar-refractivity contribution in [1.82, 2.24) is 4.90 Å². The minimum Gasteiger partial charge on any atom is -0.450 e. The van der Waals surface area contributed by atoms with Crippen LogP contribution >= 0.6 is 23.2 Å². The molecule has 0 N–H and O–H groups in total. The molecule has 12 heavy (non-hydrogen) atoms. The van der Waals surface area contributed by atoms with Crippen molar-refractivity contribution in [2.75, 3.05) is 13.7 Å². The molecule has 0 aromatic carbocycles. The molecule has 1 fully saturated rings. The zero-order valence-corrected chi connectivity index (χ0v) is 8.52. The number of carbonyl (C=O) groups is 1. The third kappa shape index (κ3) is 1.96. The first-order valence-corrected chi connectivity index (χ1v) is 4.52. The maximum Gasteiger partial charge on any atom is 0.409 e. The lowest BCUT2D eigenvalue weighted by atomic mass is 10.6. The van der Waals surface area contributed by atoms with E-state index >= 15 is 0 Å². The molecule has 0 aliphatic heterocycles. The van der Waals surface area contributed by atoms with Crippen molar-refractivity contribution in [3.05, 3.63) is 0 Å². The zero-order chi connectivity index (χ0) is 9.35. The Morgan fingerprint density at radius 1 is 1.75 bits per heavy atom. The Morgan fingerprint density at radius 2 is 2.25 bits per heavy atom. The summed E-state index contributed by atoms with van der Waals surface area (Å²) >= 11 is 11.5. The van der Waals surface area contributed by atoms with Gasteiger partial charge in [0.1, 0.15) is 4.33 Å². The molecule has 70 valence electrons. The molecule has 0 bridgehead atoms. The largest absolute Gasteiger partial charge is 0.450 e. The highest BCUT2D eigenvalue weighted by atomic mass is 35.5. The van der Waals surface area contributed by atoms with Gasteiger partial charge in [-0.15, -0.1) is 0 Å². The smallest absolute Gasteiger partial charge is 0.409 e. The molecule has 0 spiro atoms. The second kappa shape index (κ2) is 3.30. The van der Waals surface area contributed by atoms with Gasteiger partial charge in [0.25, 0.3) is 0 Å². The van der Waals surface area contributed by atoms with E-state index in [2.05, 4.69) is 0 Å². The highest BCUT2D eigenvalue weighted by Gasteiger charge is 2.55. The molecule has 1 aliphatic carbocycles. The Kier molecular flexibility index (Phi) is 2.74. The Balaban J connectivity index is 2.39. The van der Waals surface area contributed by atoms with Crippen molar-refractivity contribution in [3.63, 3.8) is 0 Å². The lowest BCUT2D eigenvalue weighted by Gasteiger charge is -2.16. The second-order valence-corrected chi connectivity index (χ2v) is 4.33. The number of hydrogen-bond acceptors (Lipinski definition) is 2. The molecule has 1 amide bonds. The van der Waals surface area contributed by atoms with E-state index in [9.17, 15) is 4.79 Å². The molecule has 1 aliphatic rings. The summed E-state index contributed by atoms with van der Waals surface area (Å²) in [6, 6.07) is -0.0973. The van der Waals surface area contributed by atoms with Crippen LogP contribution < -0.4 is 0 Å². The van der Waals surface area contributed by atoms with Gasteiger partial charge < -0.3 is 9.64 Å². The number of halogens is 2. The average Bonchev–Trinajstić information content (AvgIpc) is 2.59. The van der Waals surface area contributed by atoms with Crippen molar-refractivity contribution in [2.45, 2.75) is 23.7 Å². The van der Waals surface area contributed by atoms with E-state index in [1.54, 1.807) is 14.0 Å². The SMILES string of the molecule is CCOC(=O)N(C)C1CC1(Cl)Cl. The minimum atomic E-state index is -0.762. The van der Waals surface area contributed by atoms with Crippen LogP contribution in [0.5, 0.6) is 0 Å². The van der Waals surface area contributed by atoms with Crippen LogP contribution in [0.1, 0.15) is 13.3 Å². The second-order valence-electron chi connectivity index (χ2n) is 2.79. The van der Waals surface area contributed by atoms with Crippen molar-refractivity contribution in [3.8, 4) is 0 Å². The molecule has 1 unspecified atom stereocenters. The summed E-state index contributed by atoms with van der Waals surface area (Å²) in [5.41, 5.74) is 0. The first-order valence-electron chi connectivity index (χ1n) is 3.76. The number of alkyl halides is 2. The summed E-state index contributed by atoms with van der Waals surface area (Å²) in [6.07, 6.45) is 0.247. The number of amides is 1. The van der Waals surface area contributed by atoms with Crippen molar-refractivity contribution < 1.29 is 9.53 Å². The van der Waals surface area contributed by atoms with Crippen LogP contribution in [0.25, 0.3) is 0 Å².